The van der Waals surface area contributed by atoms with Gasteiger partial charge in [-0.05, 0) is 26.3 Å². The number of aryl methyl sites for hydroxylation is 1. The minimum absolute atomic E-state index is 0.123. The Kier molecular flexibility index (Phi) is 6.73. The number of hydrogen-bond acceptors (Lipinski definition) is 2. The first-order valence-electron chi connectivity index (χ1n) is 7.04. The standard InChI is InChI=1S/C15H26N2O/c1-4-5-6-9-14(3)16-10-12-17-11-7-8-13(2)15(17)18/h7-8,11,14,16H,4-6,9-10,12H2,1-3H3. The van der Waals surface area contributed by atoms with Gasteiger partial charge in [-0.2, -0.15) is 0 Å². The molecule has 1 unspecified atom stereocenters. The average molecular weight is 250 g/mol. The molecule has 1 aromatic rings. The summed E-state index contributed by atoms with van der Waals surface area (Å²) in [6, 6.07) is 4.33. The zero-order chi connectivity index (χ0) is 13.4. The van der Waals surface area contributed by atoms with Gasteiger partial charge in [-0.3, -0.25) is 4.79 Å². The average Bonchev–Trinajstić information content (AvgIpc) is 2.35. The Labute approximate surface area is 110 Å². The summed E-state index contributed by atoms with van der Waals surface area (Å²) in [5.74, 6) is 0. The Morgan fingerprint density at radius 2 is 2.17 bits per heavy atom. The second-order valence-electron chi connectivity index (χ2n) is 5.04. The monoisotopic (exact) mass is 250 g/mol. The van der Waals surface area contributed by atoms with Gasteiger partial charge >= 0.3 is 0 Å². The quantitative estimate of drug-likeness (QED) is 0.720. The molecule has 1 rings (SSSR count). The molecule has 0 spiro atoms. The Bertz CT molecular complexity index is 398. The second kappa shape index (κ2) is 8.09. The molecule has 1 aromatic heterocycles. The predicted molar refractivity (Wildman–Crippen MR) is 77.0 cm³/mol. The molecular weight excluding hydrogens is 224 g/mol. The fourth-order valence-corrected chi connectivity index (χ4v) is 2.07. The van der Waals surface area contributed by atoms with Gasteiger partial charge in [0.05, 0.1) is 0 Å². The first-order chi connectivity index (χ1) is 8.65. The van der Waals surface area contributed by atoms with Gasteiger partial charge in [-0.25, -0.2) is 0 Å². The molecular formula is C15H26N2O. The van der Waals surface area contributed by atoms with Crippen LogP contribution in [0.3, 0.4) is 0 Å². The van der Waals surface area contributed by atoms with Crippen molar-refractivity contribution < 1.29 is 0 Å². The van der Waals surface area contributed by atoms with Crippen molar-refractivity contribution in [1.82, 2.24) is 9.88 Å². The molecule has 0 fully saturated rings. The fourth-order valence-electron chi connectivity index (χ4n) is 2.07. The van der Waals surface area contributed by atoms with E-state index in [1.807, 2.05) is 25.3 Å². The molecule has 3 nitrogen and oxygen atoms in total. The molecule has 3 heteroatoms. The van der Waals surface area contributed by atoms with Gasteiger partial charge in [0.1, 0.15) is 0 Å². The Hall–Kier alpha value is -1.09. The number of aromatic nitrogens is 1. The van der Waals surface area contributed by atoms with E-state index in [-0.39, 0.29) is 5.56 Å². The molecule has 0 amide bonds. The van der Waals surface area contributed by atoms with Crippen LogP contribution in [0, 0.1) is 6.92 Å². The van der Waals surface area contributed by atoms with Gasteiger partial charge in [0, 0.05) is 30.9 Å². The SMILES string of the molecule is CCCCCC(C)NCCn1cccc(C)c1=O. The normalized spacial score (nSPS) is 12.6. The van der Waals surface area contributed by atoms with E-state index in [4.69, 9.17) is 0 Å². The van der Waals surface area contributed by atoms with Crippen LogP contribution in [0.25, 0.3) is 0 Å². The van der Waals surface area contributed by atoms with Crippen molar-refractivity contribution in [3.63, 3.8) is 0 Å². The summed E-state index contributed by atoms with van der Waals surface area (Å²) < 4.78 is 1.78. The number of hydrogen-bond donors (Lipinski definition) is 1. The Morgan fingerprint density at radius 1 is 1.39 bits per heavy atom. The third-order valence-corrected chi connectivity index (χ3v) is 3.30. The van der Waals surface area contributed by atoms with Crippen LogP contribution in [0.1, 0.15) is 45.1 Å². The summed E-state index contributed by atoms with van der Waals surface area (Å²) in [5.41, 5.74) is 0.937. The lowest BCUT2D eigenvalue weighted by Crippen LogP contribution is -2.32. The summed E-state index contributed by atoms with van der Waals surface area (Å²) >= 11 is 0. The van der Waals surface area contributed by atoms with Crippen molar-refractivity contribution in [1.29, 1.82) is 0 Å². The van der Waals surface area contributed by atoms with Crippen molar-refractivity contribution in [3.05, 3.63) is 34.2 Å². The number of nitrogens with one attached hydrogen (secondary N) is 1. The Morgan fingerprint density at radius 3 is 2.89 bits per heavy atom. The smallest absolute Gasteiger partial charge is 0.253 e. The molecule has 18 heavy (non-hydrogen) atoms. The summed E-state index contributed by atoms with van der Waals surface area (Å²) in [6.45, 7) is 7.91. The third kappa shape index (κ3) is 5.05. The first-order valence-corrected chi connectivity index (χ1v) is 7.04. The molecule has 0 radical (unpaired) electrons. The molecule has 0 aliphatic rings. The highest BCUT2D eigenvalue weighted by Crippen LogP contribution is 2.02. The molecule has 1 heterocycles. The van der Waals surface area contributed by atoms with Crippen LogP contribution in [0.4, 0.5) is 0 Å². The van der Waals surface area contributed by atoms with E-state index in [1.54, 1.807) is 4.57 Å². The van der Waals surface area contributed by atoms with Crippen LogP contribution in [-0.2, 0) is 6.54 Å². The maximum atomic E-state index is 11.8. The number of rotatable bonds is 8. The van der Waals surface area contributed by atoms with Crippen LogP contribution >= 0.6 is 0 Å². The molecule has 0 aliphatic carbocycles. The molecule has 0 aromatic carbocycles. The third-order valence-electron chi connectivity index (χ3n) is 3.30. The van der Waals surface area contributed by atoms with Gasteiger partial charge in [0.2, 0.25) is 0 Å². The predicted octanol–water partition coefficient (Wildman–Crippen LogP) is 2.72. The van der Waals surface area contributed by atoms with Crippen LogP contribution in [0.5, 0.6) is 0 Å². The van der Waals surface area contributed by atoms with Crippen molar-refractivity contribution in [3.8, 4) is 0 Å². The van der Waals surface area contributed by atoms with E-state index in [0.29, 0.717) is 6.04 Å². The molecule has 0 saturated carbocycles. The minimum Gasteiger partial charge on any atom is -0.314 e. The topological polar surface area (TPSA) is 34.0 Å². The maximum Gasteiger partial charge on any atom is 0.253 e. The van der Waals surface area contributed by atoms with E-state index in [2.05, 4.69) is 19.2 Å². The van der Waals surface area contributed by atoms with E-state index in [1.165, 1.54) is 25.7 Å². The number of unbranched alkanes of at least 4 members (excludes halogenated alkanes) is 2. The summed E-state index contributed by atoms with van der Waals surface area (Å²) in [5, 5.41) is 3.48. The van der Waals surface area contributed by atoms with Gasteiger partial charge in [-0.15, -0.1) is 0 Å². The molecule has 0 bridgehead atoms. The first kappa shape index (κ1) is 15.0. The van der Waals surface area contributed by atoms with Crippen molar-refractivity contribution in [2.24, 2.45) is 0 Å². The van der Waals surface area contributed by atoms with Crippen LogP contribution in [0.15, 0.2) is 23.1 Å². The Balaban J connectivity index is 2.29. The van der Waals surface area contributed by atoms with Crippen molar-refractivity contribution in [2.75, 3.05) is 6.54 Å². The summed E-state index contributed by atoms with van der Waals surface area (Å²) in [7, 11) is 0. The molecule has 0 saturated heterocycles. The van der Waals surface area contributed by atoms with E-state index in [0.717, 1.165) is 18.7 Å². The lowest BCUT2D eigenvalue weighted by atomic mass is 10.1. The number of nitrogens with zero attached hydrogens (tertiary/aromatic N) is 1. The lowest BCUT2D eigenvalue weighted by molar-refractivity contribution is 0.467. The van der Waals surface area contributed by atoms with Crippen molar-refractivity contribution >= 4 is 0 Å². The largest absolute Gasteiger partial charge is 0.314 e. The van der Waals surface area contributed by atoms with Crippen LogP contribution in [0.2, 0.25) is 0 Å². The van der Waals surface area contributed by atoms with E-state index in [9.17, 15) is 4.79 Å². The highest BCUT2D eigenvalue weighted by atomic mass is 16.1. The van der Waals surface area contributed by atoms with Crippen LogP contribution in [-0.4, -0.2) is 17.2 Å². The van der Waals surface area contributed by atoms with Crippen molar-refractivity contribution in [2.45, 2.75) is 59.0 Å². The zero-order valence-electron chi connectivity index (χ0n) is 11.9. The molecule has 1 N–H and O–H groups in total. The maximum absolute atomic E-state index is 11.8. The van der Waals surface area contributed by atoms with E-state index >= 15 is 0 Å². The van der Waals surface area contributed by atoms with Gasteiger partial charge in [0.15, 0.2) is 0 Å². The lowest BCUT2D eigenvalue weighted by Gasteiger charge is -2.14. The van der Waals surface area contributed by atoms with Gasteiger partial charge in [-0.1, -0.05) is 32.3 Å². The number of pyridine rings is 1. The van der Waals surface area contributed by atoms with Gasteiger partial charge in [0.25, 0.3) is 5.56 Å². The molecule has 0 aliphatic heterocycles. The van der Waals surface area contributed by atoms with Gasteiger partial charge < -0.3 is 9.88 Å². The highest BCUT2D eigenvalue weighted by molar-refractivity contribution is 5.07. The minimum atomic E-state index is 0.123. The second-order valence-corrected chi connectivity index (χ2v) is 5.04. The summed E-state index contributed by atoms with van der Waals surface area (Å²) in [4.78, 5) is 11.8. The molecule has 1 atom stereocenters. The highest BCUT2D eigenvalue weighted by Gasteiger charge is 2.02. The zero-order valence-corrected chi connectivity index (χ0v) is 11.9. The van der Waals surface area contributed by atoms with E-state index < -0.39 is 0 Å². The van der Waals surface area contributed by atoms with Crippen LogP contribution < -0.4 is 10.9 Å². The molecule has 102 valence electrons. The fraction of sp³-hybridized carbons (Fsp3) is 0.667. The summed E-state index contributed by atoms with van der Waals surface area (Å²) in [6.07, 6.45) is 6.94.